The molecule has 0 fully saturated rings. The lowest BCUT2D eigenvalue weighted by Gasteiger charge is -2.43. The molecule has 3 aromatic carbocycles. The highest BCUT2D eigenvalue weighted by Crippen LogP contribution is 2.57. The summed E-state index contributed by atoms with van der Waals surface area (Å²) < 4.78 is 34.8. The Hall–Kier alpha value is -3.38. The third kappa shape index (κ3) is 3.86. The van der Waals surface area contributed by atoms with Gasteiger partial charge >= 0.3 is 5.97 Å². The molecule has 2 aliphatic rings. The fourth-order valence-electron chi connectivity index (χ4n) is 5.30. The van der Waals surface area contributed by atoms with Gasteiger partial charge in [-0.15, -0.1) is 0 Å². The average molecular weight is 488 g/mol. The Morgan fingerprint density at radius 1 is 0.971 bits per heavy atom. The van der Waals surface area contributed by atoms with Gasteiger partial charge in [-0.1, -0.05) is 71.8 Å². The van der Waals surface area contributed by atoms with E-state index in [-0.39, 0.29) is 29.9 Å². The van der Waals surface area contributed by atoms with Crippen molar-refractivity contribution in [3.63, 3.8) is 0 Å². The van der Waals surface area contributed by atoms with Gasteiger partial charge in [0.15, 0.2) is 0 Å². The summed E-state index contributed by atoms with van der Waals surface area (Å²) in [6.45, 7) is 5.97. The van der Waals surface area contributed by atoms with Crippen molar-refractivity contribution in [2.75, 3.05) is 17.5 Å². The van der Waals surface area contributed by atoms with E-state index in [4.69, 9.17) is 4.74 Å². The van der Waals surface area contributed by atoms with Gasteiger partial charge in [0.05, 0.1) is 23.7 Å². The number of nitrogens with zero attached hydrogens (tertiary/aromatic N) is 1. The number of sulfonamides is 1. The molecule has 3 aromatic rings. The minimum absolute atomic E-state index is 0.000908. The maximum atomic E-state index is 13.9. The van der Waals surface area contributed by atoms with Crippen LogP contribution in [-0.4, -0.2) is 27.5 Å². The molecule has 0 bridgehead atoms. The Labute approximate surface area is 207 Å². The van der Waals surface area contributed by atoms with Crippen molar-refractivity contribution < 1.29 is 17.9 Å². The van der Waals surface area contributed by atoms with Crippen molar-refractivity contribution in [3.8, 4) is 0 Å². The summed E-state index contributed by atoms with van der Waals surface area (Å²) in [5.41, 5.74) is 4.57. The average Bonchev–Trinajstić information content (AvgIpc) is 3.26. The third-order valence-electron chi connectivity index (χ3n) is 7.15. The Morgan fingerprint density at radius 2 is 1.60 bits per heavy atom. The SMILES string of the molecule is CCOC(=O)[C@@]12C=C(c3ccc(C)cc3)C[C@H]1c1ccccc1N(S(=O)(=O)c1ccc(C)cc1)C2. The second kappa shape index (κ2) is 8.68. The predicted molar refractivity (Wildman–Crippen MR) is 138 cm³/mol. The molecule has 0 N–H and O–H groups in total. The van der Waals surface area contributed by atoms with Crippen molar-refractivity contribution in [1.29, 1.82) is 0 Å². The number of allylic oxidation sites excluding steroid dienone is 1. The molecule has 5 rings (SSSR count). The van der Waals surface area contributed by atoms with Crippen LogP contribution in [0.2, 0.25) is 0 Å². The van der Waals surface area contributed by atoms with Gasteiger partial charge in [0.25, 0.3) is 10.0 Å². The number of rotatable bonds is 5. The number of benzene rings is 3. The zero-order valence-corrected chi connectivity index (χ0v) is 21.0. The van der Waals surface area contributed by atoms with Crippen LogP contribution < -0.4 is 4.31 Å². The fraction of sp³-hybridized carbons (Fsp3) is 0.276. The van der Waals surface area contributed by atoms with E-state index < -0.39 is 15.4 Å². The first-order valence-corrected chi connectivity index (χ1v) is 13.3. The van der Waals surface area contributed by atoms with E-state index in [9.17, 15) is 13.2 Å². The molecule has 0 unspecified atom stereocenters. The van der Waals surface area contributed by atoms with Gasteiger partial charge in [0.1, 0.15) is 5.41 Å². The van der Waals surface area contributed by atoms with Crippen LogP contribution in [0.4, 0.5) is 5.69 Å². The first kappa shape index (κ1) is 23.4. The Kier molecular flexibility index (Phi) is 5.80. The van der Waals surface area contributed by atoms with Gasteiger partial charge in [0, 0.05) is 5.92 Å². The smallest absolute Gasteiger partial charge is 0.318 e. The van der Waals surface area contributed by atoms with E-state index in [1.807, 2.05) is 44.2 Å². The van der Waals surface area contributed by atoms with Gasteiger partial charge < -0.3 is 4.74 Å². The lowest BCUT2D eigenvalue weighted by Crippen LogP contribution is -2.51. The number of para-hydroxylation sites is 1. The molecule has 6 heteroatoms. The third-order valence-corrected chi connectivity index (χ3v) is 8.92. The molecule has 35 heavy (non-hydrogen) atoms. The summed E-state index contributed by atoms with van der Waals surface area (Å²) in [5.74, 6) is -0.593. The lowest BCUT2D eigenvalue weighted by atomic mass is 9.71. The molecule has 5 nitrogen and oxygen atoms in total. The van der Waals surface area contributed by atoms with Crippen LogP contribution in [0.5, 0.6) is 0 Å². The number of carbonyl (C=O) groups is 1. The molecule has 0 saturated carbocycles. The van der Waals surface area contributed by atoms with Crippen LogP contribution in [0.3, 0.4) is 0 Å². The normalized spacial score (nSPS) is 21.2. The molecule has 2 atom stereocenters. The highest BCUT2D eigenvalue weighted by atomic mass is 32.2. The molecule has 1 heterocycles. The zero-order chi connectivity index (χ0) is 24.8. The number of hydrogen-bond donors (Lipinski definition) is 0. The quantitative estimate of drug-likeness (QED) is 0.438. The number of carbonyl (C=O) groups excluding carboxylic acids is 1. The highest BCUT2D eigenvalue weighted by Gasteiger charge is 2.56. The van der Waals surface area contributed by atoms with Crippen LogP contribution in [0.25, 0.3) is 5.57 Å². The predicted octanol–water partition coefficient (Wildman–Crippen LogP) is 5.63. The number of esters is 1. The monoisotopic (exact) mass is 487 g/mol. The standard InChI is InChI=1S/C29H29NO4S/c1-4-34-28(31)29-18-23(22-13-9-20(2)10-14-22)17-26(29)25-7-5-6-8-27(25)30(19-29)35(32,33)24-15-11-21(3)12-16-24/h5-16,18,26H,4,17,19H2,1-3H3/t26-,29+/m0/s1. The maximum absolute atomic E-state index is 13.9. The molecule has 1 aliphatic heterocycles. The number of fused-ring (bicyclic) bond motifs is 3. The van der Waals surface area contributed by atoms with E-state index >= 15 is 0 Å². The van der Waals surface area contributed by atoms with Crippen LogP contribution >= 0.6 is 0 Å². The van der Waals surface area contributed by atoms with Gasteiger partial charge in [0.2, 0.25) is 0 Å². The molecule has 180 valence electrons. The van der Waals surface area contributed by atoms with Crippen molar-refractivity contribution in [1.82, 2.24) is 0 Å². The summed E-state index contributed by atoms with van der Waals surface area (Å²) in [7, 11) is -3.91. The second-order valence-corrected chi connectivity index (χ2v) is 11.3. The van der Waals surface area contributed by atoms with E-state index in [2.05, 4.69) is 24.3 Å². The number of ether oxygens (including phenoxy) is 1. The van der Waals surface area contributed by atoms with Crippen molar-refractivity contribution in [3.05, 3.63) is 101 Å². The van der Waals surface area contributed by atoms with Crippen LogP contribution in [-0.2, 0) is 19.6 Å². The minimum atomic E-state index is -3.91. The van der Waals surface area contributed by atoms with Crippen LogP contribution in [0.15, 0.2) is 83.8 Å². The summed E-state index contributed by atoms with van der Waals surface area (Å²) in [4.78, 5) is 13.8. The van der Waals surface area contributed by atoms with Crippen molar-refractivity contribution in [2.24, 2.45) is 5.41 Å². The van der Waals surface area contributed by atoms with Crippen molar-refractivity contribution >= 4 is 27.3 Å². The number of hydrogen-bond acceptors (Lipinski definition) is 4. The molecule has 0 saturated heterocycles. The van der Waals surface area contributed by atoms with Crippen LogP contribution in [0, 0.1) is 19.3 Å². The molecule has 0 radical (unpaired) electrons. The Balaban J connectivity index is 1.69. The Bertz CT molecular complexity index is 1410. The molecule has 0 spiro atoms. The maximum Gasteiger partial charge on any atom is 0.318 e. The van der Waals surface area contributed by atoms with Gasteiger partial charge in [-0.2, -0.15) is 0 Å². The first-order chi connectivity index (χ1) is 16.8. The molecule has 0 amide bonds. The summed E-state index contributed by atoms with van der Waals surface area (Å²) in [6.07, 6.45) is 2.60. The fourth-order valence-corrected chi connectivity index (χ4v) is 6.84. The molecular formula is C29H29NO4S. The highest BCUT2D eigenvalue weighted by molar-refractivity contribution is 7.92. The summed E-state index contributed by atoms with van der Waals surface area (Å²) >= 11 is 0. The van der Waals surface area contributed by atoms with Gasteiger partial charge in [-0.3, -0.25) is 9.10 Å². The van der Waals surface area contributed by atoms with E-state index in [1.165, 1.54) is 4.31 Å². The van der Waals surface area contributed by atoms with E-state index in [0.717, 1.165) is 27.8 Å². The van der Waals surface area contributed by atoms with Crippen LogP contribution in [0.1, 0.15) is 41.5 Å². The first-order valence-electron chi connectivity index (χ1n) is 11.9. The molecule has 0 aromatic heterocycles. The second-order valence-electron chi connectivity index (χ2n) is 9.44. The Morgan fingerprint density at radius 3 is 2.26 bits per heavy atom. The number of anilines is 1. The summed E-state index contributed by atoms with van der Waals surface area (Å²) in [6, 6.07) is 22.6. The summed E-state index contributed by atoms with van der Waals surface area (Å²) in [5, 5.41) is 0. The largest absolute Gasteiger partial charge is 0.465 e. The van der Waals surface area contributed by atoms with Gasteiger partial charge in [-0.25, -0.2) is 8.42 Å². The van der Waals surface area contributed by atoms with Gasteiger partial charge in [-0.05, 0) is 62.1 Å². The van der Waals surface area contributed by atoms with E-state index in [0.29, 0.717) is 12.1 Å². The topological polar surface area (TPSA) is 63.7 Å². The number of aryl methyl sites for hydroxylation is 2. The molecule has 1 aliphatic carbocycles. The lowest BCUT2D eigenvalue weighted by molar-refractivity contribution is -0.152. The molecular weight excluding hydrogens is 458 g/mol. The zero-order valence-electron chi connectivity index (χ0n) is 20.2. The van der Waals surface area contributed by atoms with Crippen molar-refractivity contribution in [2.45, 2.75) is 38.0 Å². The minimum Gasteiger partial charge on any atom is -0.465 e. The van der Waals surface area contributed by atoms with E-state index in [1.54, 1.807) is 31.2 Å².